The van der Waals surface area contributed by atoms with Crippen molar-refractivity contribution >= 4 is 33.2 Å². The van der Waals surface area contributed by atoms with Crippen molar-refractivity contribution in [3.05, 3.63) is 94.8 Å². The summed E-state index contributed by atoms with van der Waals surface area (Å²) in [6.07, 6.45) is 0. The molecule has 2 N–H and O–H groups in total. The fourth-order valence-electron chi connectivity index (χ4n) is 2.67. The standard InChI is InChI=1S/C21H18ClFN2O3S/c1-14(15-5-9-18(23)10-6-15)24-21(26)16-3-2-4-19(13-16)25-29(27,28)20-11-7-17(22)8-12-20/h2-14,25H,1H3,(H,24,26). The molecule has 3 aromatic carbocycles. The Kier molecular flexibility index (Phi) is 6.20. The number of anilines is 1. The molecule has 1 unspecified atom stereocenters. The van der Waals surface area contributed by atoms with Crippen molar-refractivity contribution in [1.82, 2.24) is 5.32 Å². The maximum absolute atomic E-state index is 13.0. The molecule has 29 heavy (non-hydrogen) atoms. The third-order valence-corrected chi connectivity index (χ3v) is 5.87. The van der Waals surface area contributed by atoms with Gasteiger partial charge in [0.25, 0.3) is 15.9 Å². The second-order valence-electron chi connectivity index (χ2n) is 6.39. The van der Waals surface area contributed by atoms with Crippen LogP contribution in [0.2, 0.25) is 5.02 Å². The van der Waals surface area contributed by atoms with Crippen molar-refractivity contribution in [3.63, 3.8) is 0 Å². The largest absolute Gasteiger partial charge is 0.346 e. The normalized spacial score (nSPS) is 12.2. The molecule has 0 heterocycles. The maximum atomic E-state index is 13.0. The highest BCUT2D eigenvalue weighted by Crippen LogP contribution is 2.20. The lowest BCUT2D eigenvalue weighted by molar-refractivity contribution is 0.0940. The molecule has 0 saturated carbocycles. The van der Waals surface area contributed by atoms with E-state index in [0.29, 0.717) is 5.02 Å². The summed E-state index contributed by atoms with van der Waals surface area (Å²) in [5, 5.41) is 3.24. The van der Waals surface area contributed by atoms with Crippen LogP contribution < -0.4 is 10.0 Å². The van der Waals surface area contributed by atoms with Crippen LogP contribution in [0.3, 0.4) is 0 Å². The number of carbonyl (C=O) groups is 1. The molecular formula is C21H18ClFN2O3S. The molecule has 3 rings (SSSR count). The van der Waals surface area contributed by atoms with E-state index >= 15 is 0 Å². The Labute approximate surface area is 173 Å². The van der Waals surface area contributed by atoms with Crippen molar-refractivity contribution < 1.29 is 17.6 Å². The zero-order chi connectivity index (χ0) is 21.0. The van der Waals surface area contributed by atoms with Crippen molar-refractivity contribution in [2.24, 2.45) is 0 Å². The number of hydrogen-bond acceptors (Lipinski definition) is 3. The number of sulfonamides is 1. The van der Waals surface area contributed by atoms with E-state index < -0.39 is 10.0 Å². The monoisotopic (exact) mass is 432 g/mol. The van der Waals surface area contributed by atoms with Gasteiger partial charge in [0.2, 0.25) is 0 Å². The van der Waals surface area contributed by atoms with Gasteiger partial charge >= 0.3 is 0 Å². The number of rotatable bonds is 6. The van der Waals surface area contributed by atoms with E-state index in [1.807, 2.05) is 0 Å². The number of benzene rings is 3. The van der Waals surface area contributed by atoms with Gasteiger partial charge in [0.15, 0.2) is 0 Å². The van der Waals surface area contributed by atoms with Crippen molar-refractivity contribution in [2.45, 2.75) is 17.9 Å². The highest BCUT2D eigenvalue weighted by molar-refractivity contribution is 7.92. The Balaban J connectivity index is 1.74. The van der Waals surface area contributed by atoms with Crippen LogP contribution in [0.4, 0.5) is 10.1 Å². The smallest absolute Gasteiger partial charge is 0.261 e. The van der Waals surface area contributed by atoms with Gasteiger partial charge in [0.1, 0.15) is 5.82 Å². The molecule has 5 nitrogen and oxygen atoms in total. The SMILES string of the molecule is CC(NC(=O)c1cccc(NS(=O)(=O)c2ccc(Cl)cc2)c1)c1ccc(F)cc1. The lowest BCUT2D eigenvalue weighted by Crippen LogP contribution is -2.26. The van der Waals surface area contributed by atoms with Crippen LogP contribution in [0.5, 0.6) is 0 Å². The summed E-state index contributed by atoms with van der Waals surface area (Å²) in [6, 6.07) is 17.4. The highest BCUT2D eigenvalue weighted by atomic mass is 35.5. The average molecular weight is 433 g/mol. The molecule has 0 aromatic heterocycles. The van der Waals surface area contributed by atoms with Crippen molar-refractivity contribution in [3.8, 4) is 0 Å². The number of nitrogens with one attached hydrogen (secondary N) is 2. The molecule has 0 radical (unpaired) electrons. The summed E-state index contributed by atoms with van der Waals surface area (Å²) in [5.41, 5.74) is 1.29. The number of amides is 1. The lowest BCUT2D eigenvalue weighted by Gasteiger charge is -2.15. The molecular weight excluding hydrogens is 415 g/mol. The summed E-state index contributed by atoms with van der Waals surface area (Å²) < 4.78 is 40.5. The third kappa shape index (κ3) is 5.34. The third-order valence-electron chi connectivity index (χ3n) is 4.22. The summed E-state index contributed by atoms with van der Waals surface area (Å²) in [5.74, 6) is -0.734. The van der Waals surface area contributed by atoms with Crippen LogP contribution in [-0.4, -0.2) is 14.3 Å². The van der Waals surface area contributed by atoms with E-state index in [1.54, 1.807) is 37.3 Å². The van der Waals surface area contributed by atoms with E-state index in [-0.39, 0.29) is 33.9 Å². The molecule has 1 amide bonds. The molecule has 150 valence electrons. The Bertz CT molecular complexity index is 1120. The zero-order valence-electron chi connectivity index (χ0n) is 15.4. The van der Waals surface area contributed by atoms with Gasteiger partial charge in [-0.05, 0) is 67.1 Å². The fourth-order valence-corrected chi connectivity index (χ4v) is 3.84. The fraction of sp³-hybridized carbons (Fsp3) is 0.0952. The molecule has 0 aliphatic heterocycles. The van der Waals surface area contributed by atoms with Crippen LogP contribution in [0.1, 0.15) is 28.9 Å². The topological polar surface area (TPSA) is 75.3 Å². The average Bonchev–Trinajstić information content (AvgIpc) is 2.68. The number of hydrogen-bond donors (Lipinski definition) is 2. The van der Waals surface area contributed by atoms with Crippen molar-refractivity contribution in [2.75, 3.05) is 4.72 Å². The van der Waals surface area contributed by atoms with Gasteiger partial charge in [0.05, 0.1) is 10.9 Å². The van der Waals surface area contributed by atoms with Gasteiger partial charge in [-0.3, -0.25) is 9.52 Å². The van der Waals surface area contributed by atoms with Crippen LogP contribution in [0, 0.1) is 5.82 Å². The molecule has 0 fully saturated rings. The molecule has 0 spiro atoms. The van der Waals surface area contributed by atoms with Gasteiger partial charge < -0.3 is 5.32 Å². The highest BCUT2D eigenvalue weighted by Gasteiger charge is 2.16. The van der Waals surface area contributed by atoms with Gasteiger partial charge in [-0.2, -0.15) is 0 Å². The Morgan fingerprint density at radius 1 is 1.00 bits per heavy atom. The van der Waals surface area contributed by atoms with Gasteiger partial charge in [0, 0.05) is 16.3 Å². The van der Waals surface area contributed by atoms with Gasteiger partial charge in [-0.25, -0.2) is 12.8 Å². The first-order valence-electron chi connectivity index (χ1n) is 8.69. The first-order chi connectivity index (χ1) is 13.7. The van der Waals surface area contributed by atoms with E-state index in [9.17, 15) is 17.6 Å². The number of halogens is 2. The minimum Gasteiger partial charge on any atom is -0.346 e. The molecule has 1 atom stereocenters. The van der Waals surface area contributed by atoms with Gasteiger partial charge in [-0.15, -0.1) is 0 Å². The quantitative estimate of drug-likeness (QED) is 0.589. The Morgan fingerprint density at radius 3 is 2.31 bits per heavy atom. The second kappa shape index (κ2) is 8.63. The number of carbonyl (C=O) groups excluding carboxylic acids is 1. The van der Waals surface area contributed by atoms with E-state index in [1.165, 1.54) is 42.5 Å². The summed E-state index contributed by atoms with van der Waals surface area (Å²) in [6.45, 7) is 1.78. The van der Waals surface area contributed by atoms with Crippen LogP contribution in [0.25, 0.3) is 0 Å². The maximum Gasteiger partial charge on any atom is 0.261 e. The Morgan fingerprint density at radius 2 is 1.66 bits per heavy atom. The summed E-state index contributed by atoms with van der Waals surface area (Å²) in [4.78, 5) is 12.6. The Hall–Kier alpha value is -2.90. The zero-order valence-corrected chi connectivity index (χ0v) is 17.0. The van der Waals surface area contributed by atoms with Crippen molar-refractivity contribution in [1.29, 1.82) is 0 Å². The van der Waals surface area contributed by atoms with E-state index in [4.69, 9.17) is 11.6 Å². The molecule has 3 aromatic rings. The summed E-state index contributed by atoms with van der Waals surface area (Å²) in [7, 11) is -3.82. The lowest BCUT2D eigenvalue weighted by atomic mass is 10.1. The minimum absolute atomic E-state index is 0.0571. The molecule has 8 heteroatoms. The minimum atomic E-state index is -3.82. The van der Waals surface area contributed by atoms with Gasteiger partial charge in [-0.1, -0.05) is 29.8 Å². The van der Waals surface area contributed by atoms with Crippen LogP contribution in [-0.2, 0) is 10.0 Å². The molecule has 0 aliphatic carbocycles. The van der Waals surface area contributed by atoms with E-state index in [0.717, 1.165) is 5.56 Å². The predicted molar refractivity (Wildman–Crippen MR) is 111 cm³/mol. The summed E-state index contributed by atoms with van der Waals surface area (Å²) >= 11 is 5.79. The second-order valence-corrected chi connectivity index (χ2v) is 8.51. The van der Waals surface area contributed by atoms with E-state index in [2.05, 4.69) is 10.0 Å². The van der Waals surface area contributed by atoms with Crippen LogP contribution >= 0.6 is 11.6 Å². The molecule has 0 aliphatic rings. The molecule has 0 saturated heterocycles. The predicted octanol–water partition coefficient (Wildman–Crippen LogP) is 4.77. The first-order valence-corrected chi connectivity index (χ1v) is 10.6. The van der Waals surface area contributed by atoms with Crippen LogP contribution in [0.15, 0.2) is 77.7 Å². The first kappa shape index (κ1) is 20.8. The molecule has 0 bridgehead atoms.